The largest absolute Gasteiger partial charge is 0.504 e. The van der Waals surface area contributed by atoms with Crippen molar-refractivity contribution in [1.29, 1.82) is 0 Å². The molecule has 1 unspecified atom stereocenters. The molecule has 4 rings (SSSR count). The van der Waals surface area contributed by atoms with Crippen LogP contribution in [-0.2, 0) is 16.8 Å². The lowest BCUT2D eigenvalue weighted by molar-refractivity contribution is -0.385. The second-order valence-corrected chi connectivity index (χ2v) is 6.90. The summed E-state index contributed by atoms with van der Waals surface area (Å²) in [5, 5.41) is 42.1. The monoisotopic (exact) mass is 407 g/mol. The van der Waals surface area contributed by atoms with Crippen LogP contribution in [0.1, 0.15) is 39.5 Å². The molecule has 0 radical (unpaired) electrons. The summed E-state index contributed by atoms with van der Waals surface area (Å²) in [5.41, 5.74) is -0.632. The van der Waals surface area contributed by atoms with E-state index in [0.717, 1.165) is 6.07 Å². The molecule has 0 amide bonds. The number of esters is 1. The van der Waals surface area contributed by atoms with Crippen molar-refractivity contribution in [3.05, 3.63) is 92.5 Å². The Labute approximate surface area is 170 Å². The Bertz CT molecular complexity index is 1200. The van der Waals surface area contributed by atoms with Crippen LogP contribution in [0.25, 0.3) is 0 Å². The lowest BCUT2D eigenvalue weighted by atomic mass is 9.78. The van der Waals surface area contributed by atoms with Gasteiger partial charge in [-0.05, 0) is 24.6 Å². The molecule has 0 bridgehead atoms. The number of phenols is 3. The predicted molar refractivity (Wildman–Crippen MR) is 106 cm³/mol. The van der Waals surface area contributed by atoms with E-state index < -0.39 is 33.7 Å². The number of nitro benzene ring substituents is 1. The van der Waals surface area contributed by atoms with Gasteiger partial charge in [0.1, 0.15) is 0 Å². The maximum absolute atomic E-state index is 12.7. The van der Waals surface area contributed by atoms with Gasteiger partial charge in [0.25, 0.3) is 5.69 Å². The third kappa shape index (κ3) is 2.57. The fourth-order valence-electron chi connectivity index (χ4n) is 3.89. The van der Waals surface area contributed by atoms with Crippen LogP contribution in [0.3, 0.4) is 0 Å². The Morgan fingerprint density at radius 2 is 1.73 bits per heavy atom. The number of aromatic hydroxyl groups is 3. The zero-order chi connectivity index (χ0) is 21.6. The van der Waals surface area contributed by atoms with Crippen LogP contribution in [0, 0.1) is 10.1 Å². The number of carbonyl (C=O) groups is 1. The van der Waals surface area contributed by atoms with Crippen LogP contribution in [0.2, 0.25) is 0 Å². The standard InChI is InChI=1S/C22H17NO7/c1-2-12-7-8-13(11-17(12)23(28)29)22(16-9-10-18(24)20(26)19(16)25)15-6-4-3-5-14(15)21(27)30-22/h3-11,24-26H,2H2,1H3. The number of hydrogen-bond donors (Lipinski definition) is 3. The van der Waals surface area contributed by atoms with Gasteiger partial charge in [0.05, 0.1) is 16.1 Å². The van der Waals surface area contributed by atoms with E-state index in [1.807, 2.05) is 0 Å². The zero-order valence-electron chi connectivity index (χ0n) is 15.8. The molecule has 1 heterocycles. The molecule has 30 heavy (non-hydrogen) atoms. The summed E-state index contributed by atoms with van der Waals surface area (Å²) in [6.07, 6.45) is 0.422. The molecule has 3 aromatic carbocycles. The highest BCUT2D eigenvalue weighted by atomic mass is 16.6. The molecule has 0 saturated carbocycles. The molecule has 1 atom stereocenters. The van der Waals surface area contributed by atoms with Gasteiger partial charge in [-0.3, -0.25) is 10.1 Å². The highest BCUT2D eigenvalue weighted by Gasteiger charge is 2.51. The number of hydrogen-bond acceptors (Lipinski definition) is 7. The minimum Gasteiger partial charge on any atom is -0.504 e. The third-order valence-electron chi connectivity index (χ3n) is 5.35. The molecule has 0 aromatic heterocycles. The number of rotatable bonds is 4. The molecule has 0 spiro atoms. The zero-order valence-corrected chi connectivity index (χ0v) is 15.8. The van der Waals surface area contributed by atoms with E-state index in [1.54, 1.807) is 43.3 Å². The van der Waals surface area contributed by atoms with Gasteiger partial charge < -0.3 is 20.1 Å². The molecule has 0 saturated heterocycles. The lowest BCUT2D eigenvalue weighted by Gasteiger charge is -2.31. The van der Waals surface area contributed by atoms with Crippen molar-refractivity contribution in [2.24, 2.45) is 0 Å². The third-order valence-corrected chi connectivity index (χ3v) is 5.35. The first-order chi connectivity index (χ1) is 14.3. The molecule has 8 nitrogen and oxygen atoms in total. The van der Waals surface area contributed by atoms with E-state index in [-0.39, 0.29) is 22.4 Å². The van der Waals surface area contributed by atoms with Crippen LogP contribution in [0.4, 0.5) is 5.69 Å². The molecule has 152 valence electrons. The van der Waals surface area contributed by atoms with Gasteiger partial charge in [-0.2, -0.15) is 0 Å². The molecule has 8 heteroatoms. The maximum atomic E-state index is 12.7. The first-order valence-electron chi connectivity index (χ1n) is 9.16. The van der Waals surface area contributed by atoms with Crippen LogP contribution in [0.5, 0.6) is 17.2 Å². The summed E-state index contributed by atoms with van der Waals surface area (Å²) in [6, 6.07) is 13.4. The van der Waals surface area contributed by atoms with Crippen LogP contribution >= 0.6 is 0 Å². The van der Waals surface area contributed by atoms with Crippen molar-refractivity contribution in [1.82, 2.24) is 0 Å². The van der Waals surface area contributed by atoms with E-state index in [1.165, 1.54) is 12.1 Å². The Hall–Kier alpha value is -4.07. The van der Waals surface area contributed by atoms with Crippen molar-refractivity contribution in [2.75, 3.05) is 0 Å². The highest BCUT2D eigenvalue weighted by Crippen LogP contribution is 2.53. The Kier molecular flexibility index (Phi) is 4.34. The first-order valence-corrected chi connectivity index (χ1v) is 9.16. The number of nitro groups is 1. The minimum absolute atomic E-state index is 0.0327. The van der Waals surface area contributed by atoms with Crippen LogP contribution in [0.15, 0.2) is 54.6 Å². The number of carbonyl (C=O) groups excluding carboxylic acids is 1. The maximum Gasteiger partial charge on any atom is 0.340 e. The Morgan fingerprint density at radius 3 is 2.43 bits per heavy atom. The Morgan fingerprint density at radius 1 is 1.00 bits per heavy atom. The smallest absolute Gasteiger partial charge is 0.340 e. The summed E-state index contributed by atoms with van der Waals surface area (Å²) < 4.78 is 5.76. The molecule has 0 aliphatic carbocycles. The molecule has 0 fully saturated rings. The van der Waals surface area contributed by atoms with E-state index in [2.05, 4.69) is 0 Å². The van der Waals surface area contributed by atoms with Crippen molar-refractivity contribution < 1.29 is 29.8 Å². The SMILES string of the molecule is CCc1ccc(C2(c3ccc(O)c(O)c3O)OC(=O)c3ccccc32)cc1[N+](=O)[O-]. The lowest BCUT2D eigenvalue weighted by Crippen LogP contribution is -2.30. The number of ether oxygens (including phenoxy) is 1. The normalized spacial score (nSPS) is 17.4. The average Bonchev–Trinajstić information content (AvgIpc) is 3.05. The van der Waals surface area contributed by atoms with E-state index in [0.29, 0.717) is 17.5 Å². The van der Waals surface area contributed by atoms with Crippen LogP contribution < -0.4 is 0 Å². The average molecular weight is 407 g/mol. The van der Waals surface area contributed by atoms with Gasteiger partial charge in [0.15, 0.2) is 17.1 Å². The molecule has 3 N–H and O–H groups in total. The highest BCUT2D eigenvalue weighted by molar-refractivity contribution is 5.96. The van der Waals surface area contributed by atoms with E-state index >= 15 is 0 Å². The summed E-state index contributed by atoms with van der Waals surface area (Å²) >= 11 is 0. The summed E-state index contributed by atoms with van der Waals surface area (Å²) in [4.78, 5) is 23.8. The van der Waals surface area contributed by atoms with Crippen molar-refractivity contribution >= 4 is 11.7 Å². The summed E-state index contributed by atoms with van der Waals surface area (Å²) in [7, 11) is 0. The first kappa shape index (κ1) is 19.3. The second-order valence-electron chi connectivity index (χ2n) is 6.90. The van der Waals surface area contributed by atoms with Gasteiger partial charge in [-0.15, -0.1) is 0 Å². The van der Waals surface area contributed by atoms with Gasteiger partial charge >= 0.3 is 5.97 Å². The molecular weight excluding hydrogens is 390 g/mol. The number of cyclic esters (lactones) is 1. The summed E-state index contributed by atoms with van der Waals surface area (Å²) in [6.45, 7) is 1.78. The van der Waals surface area contributed by atoms with Crippen molar-refractivity contribution in [2.45, 2.75) is 18.9 Å². The van der Waals surface area contributed by atoms with Gasteiger partial charge in [0.2, 0.25) is 5.75 Å². The number of nitrogens with zero attached hydrogens (tertiary/aromatic N) is 1. The molecule has 1 aliphatic rings. The number of aryl methyl sites for hydroxylation is 1. The topological polar surface area (TPSA) is 130 Å². The molecular formula is C22H17NO7. The van der Waals surface area contributed by atoms with Crippen molar-refractivity contribution in [3.63, 3.8) is 0 Å². The van der Waals surface area contributed by atoms with Gasteiger partial charge in [-0.25, -0.2) is 4.79 Å². The number of fused-ring (bicyclic) bond motifs is 1. The fourth-order valence-corrected chi connectivity index (χ4v) is 3.89. The summed E-state index contributed by atoms with van der Waals surface area (Å²) in [5.74, 6) is -2.72. The Balaban J connectivity index is 2.11. The second kappa shape index (κ2) is 6.77. The molecule has 1 aliphatic heterocycles. The van der Waals surface area contributed by atoms with E-state index in [9.17, 15) is 30.2 Å². The fraction of sp³-hybridized carbons (Fsp3) is 0.136. The van der Waals surface area contributed by atoms with Gasteiger partial charge in [-0.1, -0.05) is 37.3 Å². The number of benzene rings is 3. The minimum atomic E-state index is -1.75. The van der Waals surface area contributed by atoms with Crippen molar-refractivity contribution in [3.8, 4) is 17.2 Å². The van der Waals surface area contributed by atoms with Crippen LogP contribution in [-0.4, -0.2) is 26.2 Å². The number of phenolic OH excluding ortho intramolecular Hbond substituents is 3. The predicted octanol–water partition coefficient (Wildman–Crippen LogP) is 3.74. The molecule has 3 aromatic rings. The van der Waals surface area contributed by atoms with Gasteiger partial charge in [0, 0.05) is 22.8 Å². The quantitative estimate of drug-likeness (QED) is 0.260. The van der Waals surface area contributed by atoms with E-state index in [4.69, 9.17) is 4.74 Å².